The van der Waals surface area contributed by atoms with E-state index in [1.807, 2.05) is 47.5 Å². The SMILES string of the molecule is N#Cc1cccc(OC2CCN(C(=O)c3ccc4[nH]ccc4c3)CC2)c1. The van der Waals surface area contributed by atoms with Gasteiger partial charge in [0, 0.05) is 48.6 Å². The van der Waals surface area contributed by atoms with Crippen LogP contribution in [0.1, 0.15) is 28.8 Å². The predicted octanol–water partition coefficient (Wildman–Crippen LogP) is 3.72. The smallest absolute Gasteiger partial charge is 0.253 e. The van der Waals surface area contributed by atoms with Crippen molar-refractivity contribution in [3.8, 4) is 11.8 Å². The Kier molecular flexibility index (Phi) is 4.32. The maximum Gasteiger partial charge on any atom is 0.253 e. The highest BCUT2D eigenvalue weighted by Crippen LogP contribution is 2.22. The van der Waals surface area contributed by atoms with Gasteiger partial charge in [-0.05, 0) is 42.5 Å². The molecule has 5 nitrogen and oxygen atoms in total. The Bertz CT molecular complexity index is 978. The predicted molar refractivity (Wildman–Crippen MR) is 99.0 cm³/mol. The van der Waals surface area contributed by atoms with E-state index >= 15 is 0 Å². The molecule has 1 amide bonds. The van der Waals surface area contributed by atoms with E-state index in [0.29, 0.717) is 24.4 Å². The minimum Gasteiger partial charge on any atom is -0.490 e. The van der Waals surface area contributed by atoms with Crippen LogP contribution in [0.25, 0.3) is 10.9 Å². The number of H-pyrrole nitrogens is 1. The number of nitrogens with one attached hydrogen (secondary N) is 1. The van der Waals surface area contributed by atoms with Crippen LogP contribution in [0.3, 0.4) is 0 Å². The Morgan fingerprint density at radius 2 is 2.00 bits per heavy atom. The van der Waals surface area contributed by atoms with Gasteiger partial charge >= 0.3 is 0 Å². The Morgan fingerprint density at radius 1 is 1.15 bits per heavy atom. The van der Waals surface area contributed by atoms with E-state index in [0.717, 1.165) is 29.3 Å². The number of fused-ring (bicyclic) bond motifs is 1. The number of hydrogen-bond donors (Lipinski definition) is 1. The van der Waals surface area contributed by atoms with Gasteiger partial charge in [0.2, 0.25) is 0 Å². The average molecular weight is 345 g/mol. The second-order valence-corrected chi connectivity index (χ2v) is 6.53. The van der Waals surface area contributed by atoms with Crippen LogP contribution in [0.5, 0.6) is 5.75 Å². The molecule has 1 saturated heterocycles. The molecule has 0 spiro atoms. The number of carbonyl (C=O) groups excluding carboxylic acids is 1. The number of rotatable bonds is 3. The summed E-state index contributed by atoms with van der Waals surface area (Å²) >= 11 is 0. The molecule has 0 bridgehead atoms. The summed E-state index contributed by atoms with van der Waals surface area (Å²) < 4.78 is 5.99. The number of likely N-dealkylation sites (tertiary alicyclic amines) is 1. The third kappa shape index (κ3) is 3.27. The first-order valence-corrected chi connectivity index (χ1v) is 8.76. The van der Waals surface area contributed by atoms with E-state index in [-0.39, 0.29) is 12.0 Å². The van der Waals surface area contributed by atoms with Gasteiger partial charge in [-0.2, -0.15) is 5.26 Å². The second-order valence-electron chi connectivity index (χ2n) is 6.53. The van der Waals surface area contributed by atoms with Crippen LogP contribution in [0, 0.1) is 11.3 Å². The summed E-state index contributed by atoms with van der Waals surface area (Å²) in [6.45, 7) is 1.35. The number of piperidine rings is 1. The molecule has 0 aliphatic carbocycles. The van der Waals surface area contributed by atoms with E-state index < -0.39 is 0 Å². The van der Waals surface area contributed by atoms with Crippen molar-refractivity contribution in [1.29, 1.82) is 5.26 Å². The number of nitriles is 1. The number of aromatic amines is 1. The molecule has 1 aliphatic heterocycles. The molecule has 0 saturated carbocycles. The van der Waals surface area contributed by atoms with E-state index in [9.17, 15) is 4.79 Å². The largest absolute Gasteiger partial charge is 0.490 e. The standard InChI is InChI=1S/C21H19N3O2/c22-14-15-2-1-3-19(12-15)26-18-7-10-24(11-8-18)21(25)17-4-5-20-16(13-17)6-9-23-20/h1-6,9,12-13,18,23H,7-8,10-11H2. The van der Waals surface area contributed by atoms with Crippen LogP contribution in [0.15, 0.2) is 54.7 Å². The van der Waals surface area contributed by atoms with Crippen LogP contribution >= 0.6 is 0 Å². The maximum absolute atomic E-state index is 12.8. The lowest BCUT2D eigenvalue weighted by atomic mass is 10.1. The zero-order chi connectivity index (χ0) is 17.9. The fraction of sp³-hybridized carbons (Fsp3) is 0.238. The first kappa shape index (κ1) is 16.2. The van der Waals surface area contributed by atoms with Crippen LogP contribution in [-0.4, -0.2) is 35.0 Å². The molecule has 2 heterocycles. The monoisotopic (exact) mass is 345 g/mol. The lowest BCUT2D eigenvalue weighted by molar-refractivity contribution is 0.0595. The minimum absolute atomic E-state index is 0.0676. The molecule has 130 valence electrons. The molecule has 26 heavy (non-hydrogen) atoms. The summed E-state index contributed by atoms with van der Waals surface area (Å²) in [5.41, 5.74) is 2.35. The second kappa shape index (κ2) is 6.93. The van der Waals surface area contributed by atoms with E-state index in [1.165, 1.54) is 0 Å². The Labute approximate surface area is 151 Å². The number of benzene rings is 2. The molecule has 1 fully saturated rings. The van der Waals surface area contributed by atoms with Crippen LogP contribution in [0.2, 0.25) is 0 Å². The lowest BCUT2D eigenvalue weighted by Crippen LogP contribution is -2.41. The zero-order valence-corrected chi connectivity index (χ0v) is 14.3. The van der Waals surface area contributed by atoms with Gasteiger partial charge in [0.05, 0.1) is 11.6 Å². The van der Waals surface area contributed by atoms with Crippen molar-refractivity contribution in [2.45, 2.75) is 18.9 Å². The molecule has 1 aromatic heterocycles. The highest BCUT2D eigenvalue weighted by molar-refractivity contribution is 5.98. The van der Waals surface area contributed by atoms with Gasteiger partial charge in [-0.3, -0.25) is 4.79 Å². The van der Waals surface area contributed by atoms with Gasteiger partial charge in [0.15, 0.2) is 0 Å². The molecule has 1 aliphatic rings. The quantitative estimate of drug-likeness (QED) is 0.786. The number of ether oxygens (including phenoxy) is 1. The van der Waals surface area contributed by atoms with Crippen molar-refractivity contribution in [1.82, 2.24) is 9.88 Å². The summed E-state index contributed by atoms with van der Waals surface area (Å²) in [5.74, 6) is 0.782. The van der Waals surface area contributed by atoms with Crippen LogP contribution < -0.4 is 4.74 Å². The summed E-state index contributed by atoms with van der Waals surface area (Å²) in [6.07, 6.45) is 3.52. The van der Waals surface area contributed by atoms with Crippen molar-refractivity contribution in [2.75, 3.05) is 13.1 Å². The third-order valence-corrected chi connectivity index (χ3v) is 4.80. The van der Waals surface area contributed by atoms with Gasteiger partial charge in [0.1, 0.15) is 11.9 Å². The van der Waals surface area contributed by atoms with Gasteiger partial charge in [-0.25, -0.2) is 0 Å². The minimum atomic E-state index is 0.0676. The summed E-state index contributed by atoms with van der Waals surface area (Å²) in [4.78, 5) is 17.8. The molecular formula is C21H19N3O2. The topological polar surface area (TPSA) is 69.1 Å². The van der Waals surface area contributed by atoms with Gasteiger partial charge < -0.3 is 14.6 Å². The molecule has 2 aromatic carbocycles. The number of carbonyl (C=O) groups is 1. The van der Waals surface area contributed by atoms with Gasteiger partial charge in [-0.15, -0.1) is 0 Å². The molecular weight excluding hydrogens is 326 g/mol. The van der Waals surface area contributed by atoms with Gasteiger partial charge in [-0.1, -0.05) is 6.07 Å². The molecule has 0 radical (unpaired) electrons. The van der Waals surface area contributed by atoms with E-state index in [2.05, 4.69) is 11.1 Å². The number of nitrogens with zero attached hydrogens (tertiary/aromatic N) is 2. The van der Waals surface area contributed by atoms with Crippen LogP contribution in [0.4, 0.5) is 0 Å². The highest BCUT2D eigenvalue weighted by atomic mass is 16.5. The van der Waals surface area contributed by atoms with Gasteiger partial charge in [0.25, 0.3) is 5.91 Å². The number of amides is 1. The molecule has 1 N–H and O–H groups in total. The maximum atomic E-state index is 12.8. The third-order valence-electron chi connectivity index (χ3n) is 4.80. The summed E-state index contributed by atoms with van der Waals surface area (Å²) in [7, 11) is 0. The Morgan fingerprint density at radius 3 is 2.81 bits per heavy atom. The Hall–Kier alpha value is -3.26. The number of hydrogen-bond acceptors (Lipinski definition) is 3. The fourth-order valence-corrected chi connectivity index (χ4v) is 3.38. The highest BCUT2D eigenvalue weighted by Gasteiger charge is 2.25. The fourth-order valence-electron chi connectivity index (χ4n) is 3.38. The first-order valence-electron chi connectivity index (χ1n) is 8.76. The molecule has 4 rings (SSSR count). The zero-order valence-electron chi connectivity index (χ0n) is 14.3. The first-order chi connectivity index (χ1) is 12.7. The summed E-state index contributed by atoms with van der Waals surface area (Å²) in [5, 5.41) is 10.0. The van der Waals surface area contributed by atoms with Crippen molar-refractivity contribution in [3.63, 3.8) is 0 Å². The Balaban J connectivity index is 1.38. The molecule has 3 aromatic rings. The van der Waals surface area contributed by atoms with E-state index in [1.54, 1.807) is 12.1 Å². The van der Waals surface area contributed by atoms with Crippen molar-refractivity contribution >= 4 is 16.8 Å². The summed E-state index contributed by atoms with van der Waals surface area (Å²) in [6, 6.07) is 17.0. The lowest BCUT2D eigenvalue weighted by Gasteiger charge is -2.32. The van der Waals surface area contributed by atoms with Crippen LogP contribution in [-0.2, 0) is 0 Å². The van der Waals surface area contributed by atoms with E-state index in [4.69, 9.17) is 10.00 Å². The number of aromatic nitrogens is 1. The molecule has 0 atom stereocenters. The van der Waals surface area contributed by atoms with Crippen molar-refractivity contribution in [3.05, 3.63) is 65.9 Å². The molecule has 5 heteroatoms. The van der Waals surface area contributed by atoms with Crippen molar-refractivity contribution in [2.24, 2.45) is 0 Å². The average Bonchev–Trinajstić information content (AvgIpc) is 3.16. The van der Waals surface area contributed by atoms with Crippen molar-refractivity contribution < 1.29 is 9.53 Å². The molecule has 0 unspecified atom stereocenters. The normalized spacial score (nSPS) is 15.0.